The fraction of sp³-hybridized carbons (Fsp3) is 0.467. The number of carbonyl (C=O) groups excluding carboxylic acids is 2. The van der Waals surface area contributed by atoms with Crippen LogP contribution in [0.4, 0.5) is 10.5 Å². The van der Waals surface area contributed by atoms with Crippen molar-refractivity contribution in [1.29, 1.82) is 0 Å². The van der Waals surface area contributed by atoms with Crippen molar-refractivity contribution in [3.05, 3.63) is 28.7 Å². The molecule has 3 amide bonds. The lowest BCUT2D eigenvalue weighted by atomic mass is 9.90. The van der Waals surface area contributed by atoms with Crippen molar-refractivity contribution in [1.82, 2.24) is 5.32 Å². The number of amides is 3. The van der Waals surface area contributed by atoms with E-state index in [9.17, 15) is 9.59 Å². The summed E-state index contributed by atoms with van der Waals surface area (Å²) in [6.07, 6.45) is 5.79. The van der Waals surface area contributed by atoms with Crippen molar-refractivity contribution in [2.24, 2.45) is 0 Å². The normalized spacial score (nSPS) is 21.9. The summed E-state index contributed by atoms with van der Waals surface area (Å²) in [6.45, 7) is 0. The van der Waals surface area contributed by atoms with Crippen molar-refractivity contribution in [2.75, 3.05) is 4.90 Å². The van der Waals surface area contributed by atoms with Crippen molar-refractivity contribution in [3.8, 4) is 0 Å². The van der Waals surface area contributed by atoms with Crippen molar-refractivity contribution >= 4 is 33.6 Å². The maximum absolute atomic E-state index is 12.8. The van der Waals surface area contributed by atoms with Crippen molar-refractivity contribution in [3.63, 3.8) is 0 Å². The Hall–Kier alpha value is -1.36. The highest BCUT2D eigenvalue weighted by Crippen LogP contribution is 2.35. The molecule has 1 aliphatic carbocycles. The fourth-order valence-corrected chi connectivity index (χ4v) is 3.38. The van der Waals surface area contributed by atoms with Crippen LogP contribution in [-0.4, -0.2) is 17.5 Å². The number of urea groups is 1. The minimum Gasteiger partial charge on any atom is -0.323 e. The van der Waals surface area contributed by atoms with E-state index in [1.54, 1.807) is 12.1 Å². The smallest absolute Gasteiger partial charge is 0.323 e. The summed E-state index contributed by atoms with van der Waals surface area (Å²) in [5.41, 5.74) is -0.0301. The zero-order valence-electron chi connectivity index (χ0n) is 11.2. The molecule has 0 aromatic heterocycles. The molecule has 1 saturated heterocycles. The van der Waals surface area contributed by atoms with E-state index in [4.69, 9.17) is 0 Å². The fourth-order valence-electron chi connectivity index (χ4n) is 3.12. The van der Waals surface area contributed by atoms with Crippen LogP contribution in [0.15, 0.2) is 28.7 Å². The molecule has 0 radical (unpaired) electrons. The number of hydrogen-bond donors (Lipinski definition) is 1. The van der Waals surface area contributed by atoms with E-state index < -0.39 is 5.54 Å². The molecule has 0 unspecified atom stereocenters. The van der Waals surface area contributed by atoms with E-state index in [1.165, 1.54) is 4.90 Å². The summed E-state index contributed by atoms with van der Waals surface area (Å²) < 4.78 is 0.928. The van der Waals surface area contributed by atoms with Gasteiger partial charge in [-0.1, -0.05) is 41.6 Å². The van der Waals surface area contributed by atoms with E-state index in [0.717, 1.165) is 43.0 Å². The molecule has 2 aliphatic rings. The molecule has 1 aliphatic heterocycles. The van der Waals surface area contributed by atoms with Gasteiger partial charge in [0, 0.05) is 4.47 Å². The molecule has 2 fully saturated rings. The van der Waals surface area contributed by atoms with Gasteiger partial charge in [0.2, 0.25) is 0 Å². The van der Waals surface area contributed by atoms with Crippen LogP contribution in [0.5, 0.6) is 0 Å². The lowest BCUT2D eigenvalue weighted by Gasteiger charge is -2.24. The van der Waals surface area contributed by atoms with Gasteiger partial charge >= 0.3 is 6.03 Å². The Kier molecular flexibility index (Phi) is 3.54. The molecular formula is C15H17BrN2O2. The molecular weight excluding hydrogens is 320 g/mol. The zero-order valence-corrected chi connectivity index (χ0v) is 12.8. The Morgan fingerprint density at radius 3 is 2.20 bits per heavy atom. The largest absolute Gasteiger partial charge is 0.329 e. The molecule has 106 valence electrons. The van der Waals surface area contributed by atoms with Gasteiger partial charge in [-0.3, -0.25) is 4.79 Å². The lowest BCUT2D eigenvalue weighted by Crippen LogP contribution is -2.46. The SMILES string of the molecule is O=C1NC2(CCCCCC2)C(=O)N1c1ccc(Br)cc1. The van der Waals surface area contributed by atoms with Gasteiger partial charge in [-0.2, -0.15) is 0 Å². The minimum atomic E-state index is -0.666. The van der Waals surface area contributed by atoms with Gasteiger partial charge < -0.3 is 5.32 Å². The topological polar surface area (TPSA) is 49.4 Å². The van der Waals surface area contributed by atoms with E-state index in [0.29, 0.717) is 5.69 Å². The van der Waals surface area contributed by atoms with E-state index in [2.05, 4.69) is 21.2 Å². The van der Waals surface area contributed by atoms with Gasteiger partial charge in [0.1, 0.15) is 5.54 Å². The van der Waals surface area contributed by atoms with Crippen LogP contribution < -0.4 is 10.2 Å². The number of halogens is 1. The zero-order chi connectivity index (χ0) is 14.2. The number of imide groups is 1. The van der Waals surface area contributed by atoms with Gasteiger partial charge in [-0.05, 0) is 37.1 Å². The predicted molar refractivity (Wildman–Crippen MR) is 80.6 cm³/mol. The molecule has 3 rings (SSSR count). The van der Waals surface area contributed by atoms with Crippen LogP contribution in [-0.2, 0) is 4.79 Å². The first-order valence-electron chi connectivity index (χ1n) is 7.05. The predicted octanol–water partition coefficient (Wildman–Crippen LogP) is 3.60. The third kappa shape index (κ3) is 2.24. The van der Waals surface area contributed by atoms with Crippen LogP contribution in [0, 0.1) is 0 Å². The molecule has 1 N–H and O–H groups in total. The van der Waals surface area contributed by atoms with Gasteiger partial charge in [-0.25, -0.2) is 9.69 Å². The summed E-state index contributed by atoms with van der Waals surface area (Å²) in [5, 5.41) is 2.95. The standard InChI is InChI=1S/C15H17BrN2O2/c16-11-5-7-12(8-6-11)18-13(19)15(17-14(18)20)9-3-1-2-4-10-15/h5-8H,1-4,9-10H2,(H,17,20). The van der Waals surface area contributed by atoms with E-state index in [-0.39, 0.29) is 11.9 Å². The maximum Gasteiger partial charge on any atom is 0.329 e. The number of anilines is 1. The number of rotatable bonds is 1. The second-order valence-electron chi connectivity index (χ2n) is 5.54. The Morgan fingerprint density at radius 2 is 1.60 bits per heavy atom. The quantitative estimate of drug-likeness (QED) is 0.796. The Labute approximate surface area is 126 Å². The first-order valence-corrected chi connectivity index (χ1v) is 7.84. The van der Waals surface area contributed by atoms with Crippen molar-refractivity contribution in [2.45, 2.75) is 44.1 Å². The first-order chi connectivity index (χ1) is 9.62. The summed E-state index contributed by atoms with van der Waals surface area (Å²) in [5.74, 6) is -0.0910. The van der Waals surface area contributed by atoms with Crippen LogP contribution in [0.25, 0.3) is 0 Å². The molecule has 0 bridgehead atoms. The summed E-state index contributed by atoms with van der Waals surface area (Å²) in [7, 11) is 0. The Morgan fingerprint density at radius 1 is 1.00 bits per heavy atom. The van der Waals surface area contributed by atoms with Crippen LogP contribution in [0.2, 0.25) is 0 Å². The van der Waals surface area contributed by atoms with Crippen LogP contribution in [0.1, 0.15) is 38.5 Å². The molecule has 1 spiro atoms. The Balaban J connectivity index is 1.91. The number of benzene rings is 1. The number of nitrogens with one attached hydrogen (secondary N) is 1. The van der Waals surface area contributed by atoms with Gasteiger partial charge in [0.25, 0.3) is 5.91 Å². The third-order valence-electron chi connectivity index (χ3n) is 4.20. The van der Waals surface area contributed by atoms with Gasteiger partial charge in [0.15, 0.2) is 0 Å². The highest BCUT2D eigenvalue weighted by molar-refractivity contribution is 9.10. The van der Waals surface area contributed by atoms with Crippen molar-refractivity contribution < 1.29 is 9.59 Å². The van der Waals surface area contributed by atoms with Gasteiger partial charge in [-0.15, -0.1) is 0 Å². The average Bonchev–Trinajstić information content (AvgIpc) is 2.60. The summed E-state index contributed by atoms with van der Waals surface area (Å²) >= 11 is 3.36. The molecule has 1 saturated carbocycles. The number of hydrogen-bond acceptors (Lipinski definition) is 2. The third-order valence-corrected chi connectivity index (χ3v) is 4.73. The number of carbonyl (C=O) groups is 2. The summed E-state index contributed by atoms with van der Waals surface area (Å²) in [6, 6.07) is 6.97. The molecule has 1 heterocycles. The second kappa shape index (κ2) is 5.20. The molecule has 20 heavy (non-hydrogen) atoms. The average molecular weight is 337 g/mol. The van der Waals surface area contributed by atoms with Crippen LogP contribution in [0.3, 0.4) is 0 Å². The van der Waals surface area contributed by atoms with Crippen LogP contribution >= 0.6 is 15.9 Å². The molecule has 1 aromatic rings. The monoisotopic (exact) mass is 336 g/mol. The molecule has 5 heteroatoms. The minimum absolute atomic E-state index is 0.0910. The summed E-state index contributed by atoms with van der Waals surface area (Å²) in [4.78, 5) is 26.3. The first kappa shape index (κ1) is 13.6. The maximum atomic E-state index is 12.8. The molecule has 0 atom stereocenters. The molecule has 1 aromatic carbocycles. The van der Waals surface area contributed by atoms with E-state index in [1.807, 2.05) is 12.1 Å². The highest BCUT2D eigenvalue weighted by atomic mass is 79.9. The highest BCUT2D eigenvalue weighted by Gasteiger charge is 2.51. The Bertz CT molecular complexity index is 533. The number of nitrogens with zero attached hydrogens (tertiary/aromatic N) is 1. The van der Waals surface area contributed by atoms with E-state index >= 15 is 0 Å². The second-order valence-corrected chi connectivity index (χ2v) is 6.46. The lowest BCUT2D eigenvalue weighted by molar-refractivity contribution is -0.122. The van der Waals surface area contributed by atoms with Gasteiger partial charge in [0.05, 0.1) is 5.69 Å². The molecule has 4 nitrogen and oxygen atoms in total.